The summed E-state index contributed by atoms with van der Waals surface area (Å²) in [5, 5.41) is 3.14. The molecule has 8 heteroatoms. The molecule has 0 bridgehead atoms. The highest BCUT2D eigenvalue weighted by molar-refractivity contribution is 7.20. The van der Waals surface area contributed by atoms with Crippen LogP contribution in [0.15, 0.2) is 48.8 Å². The number of aryl methyl sites for hydroxylation is 1. The molecule has 1 aliphatic carbocycles. The molecule has 31 heavy (non-hydrogen) atoms. The van der Waals surface area contributed by atoms with Gasteiger partial charge < -0.3 is 14.8 Å². The van der Waals surface area contributed by atoms with Gasteiger partial charge >= 0.3 is 11.9 Å². The molecule has 0 saturated carbocycles. The first-order valence-corrected chi connectivity index (χ1v) is 10.7. The molecular formula is C23H20N2O5S. The molecular weight excluding hydrogens is 416 g/mol. The standard InChI is InChI=1S/C23H20N2O5S/c1-2-29-23(28)19-17-10-9-14-6-3-4-8-16(14)20(17)31-21(19)25-18(26)13-30-22(27)15-7-5-11-24-12-15/h3-8,11-12H,2,9-10,13H2,1H3,(H,25,26). The molecule has 7 nitrogen and oxygen atoms in total. The highest BCUT2D eigenvalue weighted by Crippen LogP contribution is 2.45. The maximum atomic E-state index is 12.7. The molecule has 0 spiro atoms. The van der Waals surface area contributed by atoms with Crippen molar-refractivity contribution in [3.05, 3.63) is 71.0 Å². The molecule has 2 heterocycles. The molecule has 0 radical (unpaired) electrons. The number of benzene rings is 1. The molecule has 0 fully saturated rings. The average molecular weight is 436 g/mol. The molecule has 2 aromatic heterocycles. The number of amides is 1. The van der Waals surface area contributed by atoms with Crippen LogP contribution >= 0.6 is 11.3 Å². The number of pyridine rings is 1. The highest BCUT2D eigenvalue weighted by Gasteiger charge is 2.29. The number of carbonyl (C=O) groups excluding carboxylic acids is 3. The molecule has 0 saturated heterocycles. The summed E-state index contributed by atoms with van der Waals surface area (Å²) in [5.74, 6) is -1.65. The van der Waals surface area contributed by atoms with Crippen LogP contribution in [0, 0.1) is 0 Å². The summed E-state index contributed by atoms with van der Waals surface area (Å²) in [6, 6.07) is 11.2. The van der Waals surface area contributed by atoms with Gasteiger partial charge in [-0.25, -0.2) is 9.59 Å². The van der Waals surface area contributed by atoms with Crippen LogP contribution in [0.3, 0.4) is 0 Å². The largest absolute Gasteiger partial charge is 0.462 e. The van der Waals surface area contributed by atoms with E-state index in [1.165, 1.54) is 29.3 Å². The fraction of sp³-hybridized carbons (Fsp3) is 0.217. The molecule has 1 amide bonds. The molecule has 3 aromatic rings. The van der Waals surface area contributed by atoms with Crippen molar-refractivity contribution in [3.63, 3.8) is 0 Å². The minimum atomic E-state index is -0.645. The van der Waals surface area contributed by atoms with Crippen molar-refractivity contribution < 1.29 is 23.9 Å². The van der Waals surface area contributed by atoms with Crippen molar-refractivity contribution >= 4 is 34.2 Å². The lowest BCUT2D eigenvalue weighted by Gasteiger charge is -2.16. The number of nitrogens with one attached hydrogen (secondary N) is 1. The number of carbonyl (C=O) groups is 3. The minimum Gasteiger partial charge on any atom is -0.462 e. The van der Waals surface area contributed by atoms with E-state index >= 15 is 0 Å². The SMILES string of the molecule is CCOC(=O)c1c(NC(=O)COC(=O)c2cccnc2)sc2c1CCc1ccccc1-2. The van der Waals surface area contributed by atoms with Gasteiger partial charge in [0.2, 0.25) is 0 Å². The normalized spacial score (nSPS) is 11.8. The third kappa shape index (κ3) is 4.34. The number of hydrogen-bond donors (Lipinski definition) is 1. The third-order valence-electron chi connectivity index (χ3n) is 4.88. The number of thiophene rings is 1. The third-order valence-corrected chi connectivity index (χ3v) is 6.06. The second kappa shape index (κ2) is 9.09. The summed E-state index contributed by atoms with van der Waals surface area (Å²) >= 11 is 1.33. The number of ether oxygens (including phenoxy) is 2. The van der Waals surface area contributed by atoms with Crippen molar-refractivity contribution in [2.75, 3.05) is 18.5 Å². The summed E-state index contributed by atoms with van der Waals surface area (Å²) < 4.78 is 10.3. The van der Waals surface area contributed by atoms with Gasteiger partial charge in [0, 0.05) is 17.3 Å². The lowest BCUT2D eigenvalue weighted by molar-refractivity contribution is -0.119. The zero-order chi connectivity index (χ0) is 21.8. The van der Waals surface area contributed by atoms with E-state index in [4.69, 9.17) is 9.47 Å². The number of fused-ring (bicyclic) bond motifs is 3. The Kier molecular flexibility index (Phi) is 6.08. The van der Waals surface area contributed by atoms with E-state index < -0.39 is 24.5 Å². The van der Waals surface area contributed by atoms with Gasteiger partial charge in [-0.15, -0.1) is 11.3 Å². The fourth-order valence-electron chi connectivity index (χ4n) is 3.51. The van der Waals surface area contributed by atoms with E-state index in [0.717, 1.165) is 22.4 Å². The molecule has 0 atom stereocenters. The number of rotatable bonds is 6. The molecule has 158 valence electrons. The first kappa shape index (κ1) is 20.7. The first-order chi connectivity index (χ1) is 15.1. The molecule has 0 aliphatic heterocycles. The van der Waals surface area contributed by atoms with Gasteiger partial charge in [-0.1, -0.05) is 24.3 Å². The van der Waals surface area contributed by atoms with Crippen molar-refractivity contribution in [3.8, 4) is 10.4 Å². The summed E-state index contributed by atoms with van der Waals surface area (Å²) in [7, 11) is 0. The molecule has 1 aromatic carbocycles. The number of aromatic nitrogens is 1. The van der Waals surface area contributed by atoms with Crippen molar-refractivity contribution in [2.24, 2.45) is 0 Å². The summed E-state index contributed by atoms with van der Waals surface area (Å²) in [5.41, 5.74) is 3.77. The maximum Gasteiger partial charge on any atom is 0.341 e. The van der Waals surface area contributed by atoms with Gasteiger partial charge in [-0.05, 0) is 48.6 Å². The Balaban J connectivity index is 1.56. The number of hydrogen-bond acceptors (Lipinski definition) is 7. The van der Waals surface area contributed by atoms with Crippen LogP contribution in [0.1, 0.15) is 38.8 Å². The van der Waals surface area contributed by atoms with Crippen LogP contribution < -0.4 is 5.32 Å². The van der Waals surface area contributed by atoms with Gasteiger partial charge in [0.05, 0.1) is 17.7 Å². The maximum absolute atomic E-state index is 12.7. The van der Waals surface area contributed by atoms with Crippen LogP contribution in [-0.2, 0) is 27.1 Å². The topological polar surface area (TPSA) is 94.6 Å². The van der Waals surface area contributed by atoms with E-state index in [2.05, 4.69) is 16.4 Å². The fourth-order valence-corrected chi connectivity index (χ4v) is 4.82. The van der Waals surface area contributed by atoms with E-state index in [9.17, 15) is 14.4 Å². The molecule has 1 aliphatic rings. The minimum absolute atomic E-state index is 0.232. The molecule has 4 rings (SSSR count). The van der Waals surface area contributed by atoms with Crippen molar-refractivity contribution in [1.29, 1.82) is 0 Å². The van der Waals surface area contributed by atoms with Gasteiger partial charge in [0.25, 0.3) is 5.91 Å². The Bertz CT molecular complexity index is 1140. The van der Waals surface area contributed by atoms with Crippen LogP contribution in [0.4, 0.5) is 5.00 Å². The molecule has 0 unspecified atom stereocenters. The van der Waals surface area contributed by atoms with Gasteiger partial charge in [-0.2, -0.15) is 0 Å². The predicted octanol–water partition coefficient (Wildman–Crippen LogP) is 3.88. The van der Waals surface area contributed by atoms with Gasteiger partial charge in [-0.3, -0.25) is 9.78 Å². The Morgan fingerprint density at radius 3 is 2.68 bits per heavy atom. The Morgan fingerprint density at radius 2 is 1.90 bits per heavy atom. The van der Waals surface area contributed by atoms with E-state index in [0.29, 0.717) is 17.0 Å². The van der Waals surface area contributed by atoms with Crippen molar-refractivity contribution in [1.82, 2.24) is 4.98 Å². The second-order valence-electron chi connectivity index (χ2n) is 6.86. The predicted molar refractivity (Wildman–Crippen MR) is 116 cm³/mol. The van der Waals surface area contributed by atoms with Crippen LogP contribution in [0.5, 0.6) is 0 Å². The van der Waals surface area contributed by atoms with Crippen LogP contribution in [0.2, 0.25) is 0 Å². The van der Waals surface area contributed by atoms with E-state index in [1.807, 2.05) is 18.2 Å². The highest BCUT2D eigenvalue weighted by atomic mass is 32.1. The molecule has 1 N–H and O–H groups in total. The number of anilines is 1. The van der Waals surface area contributed by atoms with E-state index in [-0.39, 0.29) is 12.2 Å². The lowest BCUT2D eigenvalue weighted by Crippen LogP contribution is -2.22. The average Bonchev–Trinajstić information content (AvgIpc) is 3.16. The Morgan fingerprint density at radius 1 is 1.06 bits per heavy atom. The summed E-state index contributed by atoms with van der Waals surface area (Å²) in [4.78, 5) is 42.0. The Labute approximate surface area is 183 Å². The zero-order valence-electron chi connectivity index (χ0n) is 16.8. The second-order valence-corrected chi connectivity index (χ2v) is 7.88. The quantitative estimate of drug-likeness (QED) is 0.590. The smallest absolute Gasteiger partial charge is 0.341 e. The van der Waals surface area contributed by atoms with Crippen LogP contribution in [0.25, 0.3) is 10.4 Å². The van der Waals surface area contributed by atoms with Gasteiger partial charge in [0.1, 0.15) is 5.00 Å². The monoisotopic (exact) mass is 436 g/mol. The lowest BCUT2D eigenvalue weighted by atomic mass is 9.89. The number of esters is 2. The summed E-state index contributed by atoms with van der Waals surface area (Å²) in [6.07, 6.45) is 4.40. The van der Waals surface area contributed by atoms with Crippen molar-refractivity contribution in [2.45, 2.75) is 19.8 Å². The van der Waals surface area contributed by atoms with Gasteiger partial charge in [0.15, 0.2) is 6.61 Å². The van der Waals surface area contributed by atoms with Crippen LogP contribution in [-0.4, -0.2) is 36.0 Å². The summed E-state index contributed by atoms with van der Waals surface area (Å²) in [6.45, 7) is 1.49. The Hall–Kier alpha value is -3.52. The number of nitrogens with zero attached hydrogens (tertiary/aromatic N) is 1. The first-order valence-electron chi connectivity index (χ1n) is 9.86. The zero-order valence-corrected chi connectivity index (χ0v) is 17.7. The van der Waals surface area contributed by atoms with E-state index in [1.54, 1.807) is 19.1 Å².